The van der Waals surface area contributed by atoms with Crippen molar-refractivity contribution >= 4 is 29.9 Å². The Morgan fingerprint density at radius 1 is 1.38 bits per heavy atom. The molecule has 0 aromatic heterocycles. The summed E-state index contributed by atoms with van der Waals surface area (Å²) >= 11 is 0. The first-order chi connectivity index (χ1) is 12.1. The van der Waals surface area contributed by atoms with Crippen molar-refractivity contribution in [3.05, 3.63) is 24.3 Å². The molecule has 0 bridgehead atoms. The van der Waals surface area contributed by atoms with E-state index in [9.17, 15) is 0 Å². The summed E-state index contributed by atoms with van der Waals surface area (Å²) in [4.78, 5) is 6.93. The van der Waals surface area contributed by atoms with Gasteiger partial charge >= 0.3 is 0 Å². The molecule has 1 aromatic carbocycles. The molecule has 0 aliphatic carbocycles. The second-order valence-electron chi connectivity index (χ2n) is 6.60. The Hall–Kier alpha value is -1.22. The third-order valence-corrected chi connectivity index (χ3v) is 4.59. The number of halogens is 1. The number of likely N-dealkylation sites (N-methyl/N-ethyl adjacent to an activating group) is 1. The molecule has 2 atom stereocenters. The Balaban J connectivity index is 0.00000338. The van der Waals surface area contributed by atoms with E-state index >= 15 is 0 Å². The molecule has 2 rings (SSSR count). The zero-order valence-corrected chi connectivity index (χ0v) is 18.4. The van der Waals surface area contributed by atoms with Gasteiger partial charge in [-0.05, 0) is 38.1 Å². The number of hydrogen-bond donors (Lipinski definition) is 2. The molecule has 26 heavy (non-hydrogen) atoms. The zero-order valence-electron chi connectivity index (χ0n) is 16.1. The van der Waals surface area contributed by atoms with Crippen LogP contribution >= 0.6 is 24.0 Å². The molecule has 1 aliphatic heterocycles. The predicted molar refractivity (Wildman–Crippen MR) is 118 cm³/mol. The second-order valence-corrected chi connectivity index (χ2v) is 6.60. The summed E-state index contributed by atoms with van der Waals surface area (Å²) < 4.78 is 11.1. The topological polar surface area (TPSA) is 72.1 Å². The number of rotatable bonds is 9. The summed E-state index contributed by atoms with van der Waals surface area (Å²) in [5.74, 6) is 2.29. The summed E-state index contributed by atoms with van der Waals surface area (Å²) in [6.07, 6.45) is 2.51. The SMILES string of the molecule is CCN1CCCC1CNC(N)=NCC(C)COc1ccccc1OC.I. The Kier molecular flexibility index (Phi) is 10.7. The summed E-state index contributed by atoms with van der Waals surface area (Å²) in [6.45, 7) is 8.67. The third kappa shape index (κ3) is 7.19. The van der Waals surface area contributed by atoms with Crippen molar-refractivity contribution in [1.82, 2.24) is 10.2 Å². The number of nitrogens with zero attached hydrogens (tertiary/aromatic N) is 2. The lowest BCUT2D eigenvalue weighted by Crippen LogP contribution is -2.42. The van der Waals surface area contributed by atoms with Crippen LogP contribution in [0.15, 0.2) is 29.3 Å². The number of nitrogens with two attached hydrogens (primary N) is 1. The van der Waals surface area contributed by atoms with E-state index in [0.29, 0.717) is 25.2 Å². The molecule has 3 N–H and O–H groups in total. The van der Waals surface area contributed by atoms with E-state index in [2.05, 4.69) is 29.1 Å². The monoisotopic (exact) mass is 476 g/mol. The van der Waals surface area contributed by atoms with Crippen molar-refractivity contribution in [3.8, 4) is 11.5 Å². The highest BCUT2D eigenvalue weighted by molar-refractivity contribution is 14.0. The molecule has 2 unspecified atom stereocenters. The van der Waals surface area contributed by atoms with Crippen molar-refractivity contribution in [2.45, 2.75) is 32.7 Å². The van der Waals surface area contributed by atoms with Crippen molar-refractivity contribution in [3.63, 3.8) is 0 Å². The van der Waals surface area contributed by atoms with E-state index in [1.807, 2.05) is 24.3 Å². The predicted octanol–water partition coefficient (Wildman–Crippen LogP) is 2.72. The highest BCUT2D eigenvalue weighted by Crippen LogP contribution is 2.26. The fraction of sp³-hybridized carbons (Fsp3) is 0.632. The molecular weight excluding hydrogens is 443 g/mol. The fourth-order valence-electron chi connectivity index (χ4n) is 3.10. The lowest BCUT2D eigenvalue weighted by atomic mass is 10.2. The van der Waals surface area contributed by atoms with Crippen LogP contribution in [0.5, 0.6) is 11.5 Å². The molecule has 0 spiro atoms. The average molecular weight is 476 g/mol. The zero-order chi connectivity index (χ0) is 18.1. The molecule has 1 fully saturated rings. The Morgan fingerprint density at radius 2 is 2.12 bits per heavy atom. The quantitative estimate of drug-likeness (QED) is 0.326. The largest absolute Gasteiger partial charge is 0.493 e. The van der Waals surface area contributed by atoms with E-state index in [1.165, 1.54) is 19.4 Å². The standard InChI is InChI=1S/C19H32N4O2.HI/c1-4-23-11-7-8-16(23)13-22-19(20)21-12-15(2)14-25-18-10-6-5-9-17(18)24-3;/h5-6,9-10,15-16H,4,7-8,11-14H2,1-3H3,(H3,20,21,22);1H. The van der Waals surface area contributed by atoms with E-state index in [0.717, 1.165) is 24.6 Å². The van der Waals surface area contributed by atoms with Crippen LogP contribution < -0.4 is 20.5 Å². The van der Waals surface area contributed by atoms with E-state index in [4.69, 9.17) is 15.2 Å². The Morgan fingerprint density at radius 3 is 2.81 bits per heavy atom. The Bertz CT molecular complexity index is 556. The number of likely N-dealkylation sites (tertiary alicyclic amines) is 1. The van der Waals surface area contributed by atoms with Gasteiger partial charge in [-0.15, -0.1) is 24.0 Å². The molecule has 1 aromatic rings. The lowest BCUT2D eigenvalue weighted by molar-refractivity contribution is 0.251. The van der Waals surface area contributed by atoms with E-state index in [1.54, 1.807) is 7.11 Å². The second kappa shape index (κ2) is 12.2. The molecule has 0 saturated carbocycles. The van der Waals surface area contributed by atoms with Crippen LogP contribution in [0.3, 0.4) is 0 Å². The number of aliphatic imine (C=N–C) groups is 1. The highest BCUT2D eigenvalue weighted by Gasteiger charge is 2.22. The van der Waals surface area contributed by atoms with Crippen molar-refractivity contribution in [2.75, 3.05) is 39.9 Å². The molecule has 1 saturated heterocycles. The molecule has 6 nitrogen and oxygen atoms in total. The normalized spacial score (nSPS) is 18.9. The van der Waals surface area contributed by atoms with Crippen LogP contribution in [-0.2, 0) is 0 Å². The van der Waals surface area contributed by atoms with Crippen LogP contribution in [-0.4, -0.2) is 56.8 Å². The van der Waals surface area contributed by atoms with Gasteiger partial charge in [0.05, 0.1) is 13.7 Å². The number of benzene rings is 1. The maximum absolute atomic E-state index is 6.00. The number of nitrogens with one attached hydrogen (secondary N) is 1. The first kappa shape index (κ1) is 22.8. The van der Waals surface area contributed by atoms with Crippen LogP contribution in [0.25, 0.3) is 0 Å². The van der Waals surface area contributed by atoms with E-state index < -0.39 is 0 Å². The van der Waals surface area contributed by atoms with Crippen LogP contribution in [0.1, 0.15) is 26.7 Å². The van der Waals surface area contributed by atoms with Gasteiger partial charge in [-0.2, -0.15) is 0 Å². The van der Waals surface area contributed by atoms with Gasteiger partial charge in [-0.25, -0.2) is 0 Å². The number of hydrogen-bond acceptors (Lipinski definition) is 4. The minimum Gasteiger partial charge on any atom is -0.493 e. The molecule has 1 aliphatic rings. The van der Waals surface area contributed by atoms with Crippen molar-refractivity contribution < 1.29 is 9.47 Å². The fourth-order valence-corrected chi connectivity index (χ4v) is 3.10. The molecule has 7 heteroatoms. The van der Waals surface area contributed by atoms with Crippen LogP contribution in [0.2, 0.25) is 0 Å². The minimum absolute atomic E-state index is 0. The summed E-state index contributed by atoms with van der Waals surface area (Å²) in [5, 5.41) is 3.26. The minimum atomic E-state index is 0. The summed E-state index contributed by atoms with van der Waals surface area (Å²) in [6, 6.07) is 8.24. The molecule has 0 radical (unpaired) electrons. The van der Waals surface area contributed by atoms with Crippen molar-refractivity contribution in [2.24, 2.45) is 16.6 Å². The first-order valence-electron chi connectivity index (χ1n) is 9.17. The number of guanidine groups is 1. The van der Waals surface area contributed by atoms with Crippen LogP contribution in [0, 0.1) is 5.92 Å². The maximum Gasteiger partial charge on any atom is 0.188 e. The molecular formula is C19H33IN4O2. The number of methoxy groups -OCH3 is 1. The van der Waals surface area contributed by atoms with Gasteiger partial charge in [0.1, 0.15) is 0 Å². The summed E-state index contributed by atoms with van der Waals surface area (Å²) in [5.41, 5.74) is 6.00. The van der Waals surface area contributed by atoms with Gasteiger partial charge < -0.3 is 20.5 Å². The highest BCUT2D eigenvalue weighted by atomic mass is 127. The average Bonchev–Trinajstić information content (AvgIpc) is 3.10. The number of ether oxygens (including phenoxy) is 2. The van der Waals surface area contributed by atoms with E-state index in [-0.39, 0.29) is 29.9 Å². The third-order valence-electron chi connectivity index (χ3n) is 4.59. The lowest BCUT2D eigenvalue weighted by Gasteiger charge is -2.23. The Labute approximate surface area is 174 Å². The van der Waals surface area contributed by atoms with Gasteiger partial charge in [0.2, 0.25) is 0 Å². The van der Waals surface area contributed by atoms with Gasteiger partial charge in [0.15, 0.2) is 17.5 Å². The molecule has 0 amide bonds. The maximum atomic E-state index is 6.00. The van der Waals surface area contributed by atoms with Gasteiger partial charge in [-0.3, -0.25) is 9.89 Å². The van der Waals surface area contributed by atoms with Gasteiger partial charge in [0.25, 0.3) is 0 Å². The molecule has 1 heterocycles. The smallest absolute Gasteiger partial charge is 0.188 e. The van der Waals surface area contributed by atoms with Crippen molar-refractivity contribution in [1.29, 1.82) is 0 Å². The molecule has 148 valence electrons. The number of para-hydroxylation sites is 2. The first-order valence-corrected chi connectivity index (χ1v) is 9.17. The van der Waals surface area contributed by atoms with Crippen LogP contribution in [0.4, 0.5) is 0 Å². The van der Waals surface area contributed by atoms with Gasteiger partial charge in [-0.1, -0.05) is 26.0 Å². The van der Waals surface area contributed by atoms with Gasteiger partial charge in [0, 0.05) is 25.0 Å². The summed E-state index contributed by atoms with van der Waals surface area (Å²) in [7, 11) is 1.65.